The Morgan fingerprint density at radius 2 is 2.21 bits per heavy atom. The Labute approximate surface area is 148 Å². The lowest BCUT2D eigenvalue weighted by Gasteiger charge is -2.19. The van der Waals surface area contributed by atoms with Crippen molar-refractivity contribution in [2.24, 2.45) is 0 Å². The highest BCUT2D eigenvalue weighted by atomic mass is 35.5. The van der Waals surface area contributed by atoms with Gasteiger partial charge in [-0.3, -0.25) is 0 Å². The van der Waals surface area contributed by atoms with E-state index in [0.29, 0.717) is 11.7 Å². The van der Waals surface area contributed by atoms with Crippen LogP contribution in [0.5, 0.6) is 0 Å². The molecule has 24 heavy (non-hydrogen) atoms. The fraction of sp³-hybridized carbons (Fsp3) is 0.444. The third kappa shape index (κ3) is 4.36. The summed E-state index contributed by atoms with van der Waals surface area (Å²) in [7, 11) is 0. The van der Waals surface area contributed by atoms with Crippen molar-refractivity contribution in [2.75, 3.05) is 38.0 Å². The van der Waals surface area contributed by atoms with E-state index in [1.165, 1.54) is 32.1 Å². The van der Waals surface area contributed by atoms with Crippen LogP contribution in [0.3, 0.4) is 0 Å². The first-order chi connectivity index (χ1) is 11.8. The zero-order valence-electron chi connectivity index (χ0n) is 13.8. The molecule has 0 radical (unpaired) electrons. The van der Waals surface area contributed by atoms with Crippen molar-refractivity contribution in [1.29, 1.82) is 5.41 Å². The Hall–Kier alpha value is -1.85. The van der Waals surface area contributed by atoms with Crippen molar-refractivity contribution in [3.05, 3.63) is 40.3 Å². The standard InChI is InChI=1S/C18H24ClN5/c19-18-5-4-16-17(23-18)10-14(13-22-16)15(11-20)12-21-6-3-9-24-7-1-2-8-24/h4-5,10-12,20-22H,1-3,6-9,13H2/b15-12+,20-11?. The average Bonchev–Trinajstić information content (AvgIpc) is 3.11. The second-order valence-corrected chi connectivity index (χ2v) is 6.58. The van der Waals surface area contributed by atoms with Crippen molar-refractivity contribution in [3.8, 4) is 0 Å². The Morgan fingerprint density at radius 1 is 1.38 bits per heavy atom. The largest absolute Gasteiger partial charge is 0.390 e. The van der Waals surface area contributed by atoms with Crippen LogP contribution in [-0.2, 0) is 0 Å². The maximum atomic E-state index is 7.68. The van der Waals surface area contributed by atoms with E-state index in [1.54, 1.807) is 6.07 Å². The summed E-state index contributed by atoms with van der Waals surface area (Å²) >= 11 is 5.97. The highest BCUT2D eigenvalue weighted by Crippen LogP contribution is 2.25. The monoisotopic (exact) mass is 345 g/mol. The van der Waals surface area contributed by atoms with Crippen LogP contribution in [0.2, 0.25) is 5.15 Å². The van der Waals surface area contributed by atoms with Crippen molar-refractivity contribution in [3.63, 3.8) is 0 Å². The summed E-state index contributed by atoms with van der Waals surface area (Å²) in [6, 6.07) is 3.71. The number of hydrogen-bond donors (Lipinski definition) is 3. The van der Waals surface area contributed by atoms with Crippen LogP contribution < -0.4 is 10.6 Å². The predicted molar refractivity (Wildman–Crippen MR) is 101 cm³/mol. The molecule has 128 valence electrons. The summed E-state index contributed by atoms with van der Waals surface area (Å²) in [5.74, 6) is 0. The number of aromatic nitrogens is 1. The van der Waals surface area contributed by atoms with Crippen molar-refractivity contribution < 1.29 is 0 Å². The maximum absolute atomic E-state index is 7.68. The average molecular weight is 346 g/mol. The van der Waals surface area contributed by atoms with Crippen molar-refractivity contribution in [1.82, 2.24) is 15.2 Å². The molecular weight excluding hydrogens is 322 g/mol. The summed E-state index contributed by atoms with van der Waals surface area (Å²) in [6.07, 6.45) is 9.12. The number of fused-ring (bicyclic) bond motifs is 1. The Morgan fingerprint density at radius 3 is 3.00 bits per heavy atom. The molecule has 5 nitrogen and oxygen atoms in total. The van der Waals surface area contributed by atoms with E-state index in [1.807, 2.05) is 18.3 Å². The molecule has 2 aliphatic heterocycles. The van der Waals surface area contributed by atoms with E-state index in [0.717, 1.165) is 42.0 Å². The van der Waals surface area contributed by atoms with Gasteiger partial charge in [0.25, 0.3) is 0 Å². The Bertz CT molecular complexity index is 647. The number of hydrogen-bond acceptors (Lipinski definition) is 5. The number of pyridine rings is 1. The second kappa shape index (κ2) is 8.31. The zero-order chi connectivity index (χ0) is 16.8. The van der Waals surface area contributed by atoms with Gasteiger partial charge in [-0.2, -0.15) is 0 Å². The van der Waals surface area contributed by atoms with E-state index < -0.39 is 0 Å². The van der Waals surface area contributed by atoms with E-state index in [9.17, 15) is 0 Å². The number of nitrogens with one attached hydrogen (secondary N) is 3. The van der Waals surface area contributed by atoms with E-state index in [4.69, 9.17) is 17.0 Å². The molecule has 1 aromatic rings. The summed E-state index contributed by atoms with van der Waals surface area (Å²) < 4.78 is 0. The molecule has 0 unspecified atom stereocenters. The Balaban J connectivity index is 1.56. The molecule has 1 saturated heterocycles. The van der Waals surface area contributed by atoms with Gasteiger partial charge in [0.05, 0.1) is 11.4 Å². The molecule has 0 aliphatic carbocycles. The molecule has 6 heteroatoms. The minimum absolute atomic E-state index is 0.480. The van der Waals surface area contributed by atoms with Crippen LogP contribution in [0.4, 0.5) is 5.69 Å². The van der Waals surface area contributed by atoms with Gasteiger partial charge in [0.15, 0.2) is 0 Å². The third-order valence-electron chi connectivity index (χ3n) is 4.45. The van der Waals surface area contributed by atoms with Crippen LogP contribution in [0.1, 0.15) is 25.0 Å². The smallest absolute Gasteiger partial charge is 0.129 e. The summed E-state index contributed by atoms with van der Waals surface area (Å²) in [5, 5.41) is 14.8. The molecule has 0 amide bonds. The van der Waals surface area contributed by atoms with Crippen LogP contribution in [-0.4, -0.2) is 48.8 Å². The second-order valence-electron chi connectivity index (χ2n) is 6.19. The Kier molecular flexibility index (Phi) is 5.88. The number of likely N-dealkylation sites (tertiary alicyclic amines) is 1. The number of anilines is 1. The minimum atomic E-state index is 0.480. The summed E-state index contributed by atoms with van der Waals surface area (Å²) in [5.41, 5.74) is 3.71. The molecule has 0 atom stereocenters. The van der Waals surface area contributed by atoms with Crippen molar-refractivity contribution in [2.45, 2.75) is 19.3 Å². The van der Waals surface area contributed by atoms with Gasteiger partial charge in [0.1, 0.15) is 5.15 Å². The van der Waals surface area contributed by atoms with Gasteiger partial charge < -0.3 is 20.9 Å². The highest BCUT2D eigenvalue weighted by Gasteiger charge is 2.13. The lowest BCUT2D eigenvalue weighted by atomic mass is 10.0. The first-order valence-electron chi connectivity index (χ1n) is 8.54. The summed E-state index contributed by atoms with van der Waals surface area (Å²) in [4.78, 5) is 6.85. The zero-order valence-corrected chi connectivity index (χ0v) is 14.6. The molecule has 0 aromatic carbocycles. The fourth-order valence-corrected chi connectivity index (χ4v) is 3.28. The van der Waals surface area contributed by atoms with Crippen LogP contribution >= 0.6 is 11.6 Å². The molecule has 1 fully saturated rings. The first kappa shape index (κ1) is 17.0. The van der Waals surface area contributed by atoms with Gasteiger partial charge in [-0.1, -0.05) is 11.6 Å². The first-order valence-corrected chi connectivity index (χ1v) is 8.92. The van der Waals surface area contributed by atoms with Gasteiger partial charge >= 0.3 is 0 Å². The molecule has 3 N–H and O–H groups in total. The molecule has 1 aromatic heterocycles. The quantitative estimate of drug-likeness (QED) is 0.403. The van der Waals surface area contributed by atoms with E-state index >= 15 is 0 Å². The predicted octanol–water partition coefficient (Wildman–Crippen LogP) is 3.15. The maximum Gasteiger partial charge on any atom is 0.129 e. The molecule has 3 rings (SSSR count). The van der Waals surface area contributed by atoms with Crippen LogP contribution in [0.25, 0.3) is 6.08 Å². The van der Waals surface area contributed by atoms with Gasteiger partial charge in [0, 0.05) is 31.1 Å². The van der Waals surface area contributed by atoms with Crippen LogP contribution in [0, 0.1) is 5.41 Å². The highest BCUT2D eigenvalue weighted by molar-refractivity contribution is 6.29. The normalized spacial score (nSPS) is 17.9. The third-order valence-corrected chi connectivity index (χ3v) is 4.66. The van der Waals surface area contributed by atoms with Gasteiger partial charge in [0.2, 0.25) is 0 Å². The van der Waals surface area contributed by atoms with Crippen molar-refractivity contribution >= 4 is 29.6 Å². The molecule has 0 spiro atoms. The number of halogens is 1. The molecular formula is C18H24ClN5. The van der Waals surface area contributed by atoms with Crippen LogP contribution in [0.15, 0.2) is 29.5 Å². The van der Waals surface area contributed by atoms with Gasteiger partial charge in [-0.05, 0) is 62.7 Å². The molecule has 0 bridgehead atoms. The lowest BCUT2D eigenvalue weighted by molar-refractivity contribution is 0.333. The van der Waals surface area contributed by atoms with Gasteiger partial charge in [-0.25, -0.2) is 4.98 Å². The minimum Gasteiger partial charge on any atom is -0.390 e. The molecule has 2 aliphatic rings. The lowest BCUT2D eigenvalue weighted by Crippen LogP contribution is -2.23. The van der Waals surface area contributed by atoms with E-state index in [-0.39, 0.29) is 0 Å². The summed E-state index contributed by atoms with van der Waals surface area (Å²) in [6.45, 7) is 5.26. The molecule has 3 heterocycles. The number of rotatable bonds is 7. The fourth-order valence-electron chi connectivity index (χ4n) is 3.12. The molecule has 0 saturated carbocycles. The topological polar surface area (TPSA) is 64.0 Å². The van der Waals surface area contributed by atoms with Gasteiger partial charge in [-0.15, -0.1) is 0 Å². The van der Waals surface area contributed by atoms with E-state index in [2.05, 4.69) is 20.5 Å². The SMILES string of the molecule is N=C/C(=C\NCCCN1CCCC1)C1=Cc2nc(Cl)ccc2NC1. The number of nitrogens with zero attached hydrogens (tertiary/aromatic N) is 2.